The summed E-state index contributed by atoms with van der Waals surface area (Å²) >= 11 is 0. The molecule has 1 aromatic carbocycles. The lowest BCUT2D eigenvalue weighted by Gasteiger charge is -2.41. The van der Waals surface area contributed by atoms with Crippen molar-refractivity contribution in [2.45, 2.75) is 50.6 Å². The van der Waals surface area contributed by atoms with Gasteiger partial charge in [-0.2, -0.15) is 0 Å². The normalized spacial score (nSPS) is 28.2. The second-order valence-electron chi connectivity index (χ2n) is 8.23. The van der Waals surface area contributed by atoms with E-state index in [2.05, 4.69) is 0 Å². The Balaban J connectivity index is 1.57. The van der Waals surface area contributed by atoms with E-state index in [1.807, 2.05) is 35.2 Å². The molecule has 0 spiro atoms. The van der Waals surface area contributed by atoms with Crippen LogP contribution in [-0.2, 0) is 19.1 Å². The molecule has 0 bridgehead atoms. The van der Waals surface area contributed by atoms with Crippen molar-refractivity contribution in [3.8, 4) is 0 Å². The second-order valence-corrected chi connectivity index (χ2v) is 8.23. The van der Waals surface area contributed by atoms with Gasteiger partial charge in [-0.15, -0.1) is 0 Å². The summed E-state index contributed by atoms with van der Waals surface area (Å²) in [6.07, 6.45) is 5.76. The molecule has 1 saturated carbocycles. The van der Waals surface area contributed by atoms with Gasteiger partial charge >= 0.3 is 5.97 Å². The average Bonchev–Trinajstić information content (AvgIpc) is 3.14. The summed E-state index contributed by atoms with van der Waals surface area (Å²) in [5.41, 5.74) is 0.945. The Morgan fingerprint density at radius 2 is 1.79 bits per heavy atom. The molecule has 0 aromatic heterocycles. The fourth-order valence-electron chi connectivity index (χ4n) is 5.24. The van der Waals surface area contributed by atoms with Crippen molar-refractivity contribution in [2.24, 2.45) is 11.8 Å². The standard InChI is InChI=1S/C22H28N2O4/c1-28-22(27)18-12-17-13-23(21(26)16-10-6-3-7-11-16)14-19(25)24(17)20(18)15-8-4-2-5-9-15/h2,4-5,8-9,16-18,20H,3,6-7,10-14H2,1H3/t17-,18-,20-/m0/s1. The minimum Gasteiger partial charge on any atom is -0.469 e. The predicted octanol–water partition coefficient (Wildman–Crippen LogP) is 2.54. The number of piperazine rings is 1. The molecule has 1 aliphatic carbocycles. The van der Waals surface area contributed by atoms with Gasteiger partial charge in [0.25, 0.3) is 0 Å². The number of hydrogen-bond acceptors (Lipinski definition) is 4. The number of carbonyl (C=O) groups excluding carboxylic acids is 3. The minimum atomic E-state index is -0.397. The Bertz CT molecular complexity index is 744. The summed E-state index contributed by atoms with van der Waals surface area (Å²) in [5.74, 6) is -0.589. The van der Waals surface area contributed by atoms with Crippen LogP contribution < -0.4 is 0 Å². The maximum absolute atomic E-state index is 13.1. The van der Waals surface area contributed by atoms with Crippen LogP contribution in [0.25, 0.3) is 0 Å². The summed E-state index contributed by atoms with van der Waals surface area (Å²) in [6.45, 7) is 0.626. The lowest BCUT2D eigenvalue weighted by Crippen LogP contribution is -2.57. The molecule has 150 valence electrons. The van der Waals surface area contributed by atoms with Crippen molar-refractivity contribution in [2.75, 3.05) is 20.2 Å². The number of nitrogens with zero attached hydrogens (tertiary/aromatic N) is 2. The molecular weight excluding hydrogens is 356 g/mol. The number of carbonyl (C=O) groups is 3. The van der Waals surface area contributed by atoms with E-state index < -0.39 is 5.92 Å². The Morgan fingerprint density at radius 1 is 1.07 bits per heavy atom. The molecule has 0 unspecified atom stereocenters. The molecule has 2 aliphatic heterocycles. The first-order chi connectivity index (χ1) is 13.6. The van der Waals surface area contributed by atoms with Crippen LogP contribution in [0.4, 0.5) is 0 Å². The molecule has 1 aromatic rings. The van der Waals surface area contributed by atoms with Crippen molar-refractivity contribution in [1.29, 1.82) is 0 Å². The zero-order valence-electron chi connectivity index (χ0n) is 16.4. The maximum Gasteiger partial charge on any atom is 0.311 e. The number of fused-ring (bicyclic) bond motifs is 1. The number of benzene rings is 1. The summed E-state index contributed by atoms with van der Waals surface area (Å²) in [6, 6.07) is 9.22. The van der Waals surface area contributed by atoms with Gasteiger partial charge < -0.3 is 14.5 Å². The van der Waals surface area contributed by atoms with E-state index in [4.69, 9.17) is 4.74 Å². The van der Waals surface area contributed by atoms with Crippen LogP contribution in [0.2, 0.25) is 0 Å². The zero-order valence-corrected chi connectivity index (χ0v) is 16.4. The van der Waals surface area contributed by atoms with Crippen LogP contribution in [0.15, 0.2) is 30.3 Å². The van der Waals surface area contributed by atoms with E-state index in [1.165, 1.54) is 13.5 Å². The molecule has 2 amide bonds. The maximum atomic E-state index is 13.1. The Kier molecular flexibility index (Phi) is 5.38. The second kappa shape index (κ2) is 7.94. The van der Waals surface area contributed by atoms with Gasteiger partial charge in [0.15, 0.2) is 0 Å². The van der Waals surface area contributed by atoms with Crippen molar-refractivity contribution >= 4 is 17.8 Å². The number of rotatable bonds is 3. The molecular formula is C22H28N2O4. The third-order valence-corrected chi connectivity index (χ3v) is 6.56. The lowest BCUT2D eigenvalue weighted by atomic mass is 9.88. The minimum absolute atomic E-state index is 0.0517. The van der Waals surface area contributed by atoms with E-state index in [0.717, 1.165) is 31.2 Å². The SMILES string of the molecule is COC(=O)[C@H]1C[C@H]2CN(C(=O)C3CCCCC3)CC(=O)N2[C@H]1c1ccccc1. The highest BCUT2D eigenvalue weighted by molar-refractivity contribution is 5.89. The fraction of sp³-hybridized carbons (Fsp3) is 0.591. The molecule has 4 rings (SSSR count). The highest BCUT2D eigenvalue weighted by atomic mass is 16.5. The van der Waals surface area contributed by atoms with Gasteiger partial charge in [0, 0.05) is 12.5 Å². The molecule has 2 heterocycles. The lowest BCUT2D eigenvalue weighted by molar-refractivity contribution is -0.152. The van der Waals surface area contributed by atoms with E-state index in [1.54, 1.807) is 4.90 Å². The van der Waals surface area contributed by atoms with E-state index >= 15 is 0 Å². The third-order valence-electron chi connectivity index (χ3n) is 6.56. The highest BCUT2D eigenvalue weighted by Gasteiger charge is 2.51. The molecule has 2 saturated heterocycles. The number of hydrogen-bond donors (Lipinski definition) is 0. The summed E-state index contributed by atoms with van der Waals surface area (Å²) < 4.78 is 5.04. The van der Waals surface area contributed by atoms with Gasteiger partial charge in [0.1, 0.15) is 0 Å². The Morgan fingerprint density at radius 3 is 2.46 bits per heavy atom. The number of ether oxygens (including phenoxy) is 1. The van der Waals surface area contributed by atoms with E-state index in [9.17, 15) is 14.4 Å². The van der Waals surface area contributed by atoms with Gasteiger partial charge in [-0.25, -0.2) is 0 Å². The first-order valence-electron chi connectivity index (χ1n) is 10.3. The van der Waals surface area contributed by atoms with Crippen LogP contribution in [0, 0.1) is 11.8 Å². The fourth-order valence-corrected chi connectivity index (χ4v) is 5.24. The Labute approximate surface area is 165 Å². The number of amides is 2. The summed E-state index contributed by atoms with van der Waals surface area (Å²) in [4.78, 5) is 42.1. The van der Waals surface area contributed by atoms with Crippen molar-refractivity contribution in [3.05, 3.63) is 35.9 Å². The number of esters is 1. The van der Waals surface area contributed by atoms with Crippen molar-refractivity contribution < 1.29 is 19.1 Å². The van der Waals surface area contributed by atoms with E-state index in [-0.39, 0.29) is 42.3 Å². The van der Waals surface area contributed by atoms with Gasteiger partial charge in [-0.1, -0.05) is 49.6 Å². The first kappa shape index (κ1) is 19.0. The van der Waals surface area contributed by atoms with Crippen molar-refractivity contribution in [3.63, 3.8) is 0 Å². The average molecular weight is 384 g/mol. The highest BCUT2D eigenvalue weighted by Crippen LogP contribution is 2.43. The predicted molar refractivity (Wildman–Crippen MR) is 103 cm³/mol. The Hall–Kier alpha value is -2.37. The quantitative estimate of drug-likeness (QED) is 0.751. The molecule has 3 fully saturated rings. The zero-order chi connectivity index (χ0) is 19.7. The van der Waals surface area contributed by atoms with Crippen LogP contribution in [-0.4, -0.2) is 53.8 Å². The molecule has 3 atom stereocenters. The largest absolute Gasteiger partial charge is 0.469 e. The number of methoxy groups -OCH3 is 1. The van der Waals surface area contributed by atoms with Crippen LogP contribution in [0.5, 0.6) is 0 Å². The van der Waals surface area contributed by atoms with Crippen LogP contribution in [0.1, 0.15) is 50.1 Å². The van der Waals surface area contributed by atoms with Crippen LogP contribution >= 0.6 is 0 Å². The van der Waals surface area contributed by atoms with Gasteiger partial charge in [0.2, 0.25) is 11.8 Å². The first-order valence-corrected chi connectivity index (χ1v) is 10.3. The van der Waals surface area contributed by atoms with Gasteiger partial charge in [-0.05, 0) is 24.8 Å². The molecule has 0 N–H and O–H groups in total. The van der Waals surface area contributed by atoms with Gasteiger partial charge in [0.05, 0.1) is 31.7 Å². The molecule has 6 heteroatoms. The van der Waals surface area contributed by atoms with Crippen LogP contribution in [0.3, 0.4) is 0 Å². The van der Waals surface area contributed by atoms with Crippen molar-refractivity contribution in [1.82, 2.24) is 9.80 Å². The third kappa shape index (κ3) is 3.40. The summed E-state index contributed by atoms with van der Waals surface area (Å²) in [5, 5.41) is 0. The molecule has 3 aliphatic rings. The smallest absolute Gasteiger partial charge is 0.311 e. The topological polar surface area (TPSA) is 66.9 Å². The molecule has 0 radical (unpaired) electrons. The monoisotopic (exact) mass is 384 g/mol. The van der Waals surface area contributed by atoms with Gasteiger partial charge in [-0.3, -0.25) is 14.4 Å². The van der Waals surface area contributed by atoms with E-state index in [0.29, 0.717) is 13.0 Å². The molecule has 6 nitrogen and oxygen atoms in total. The molecule has 28 heavy (non-hydrogen) atoms. The summed E-state index contributed by atoms with van der Waals surface area (Å²) in [7, 11) is 1.39.